The third-order valence-corrected chi connectivity index (χ3v) is 5.15. The van der Waals surface area contributed by atoms with E-state index in [9.17, 15) is 9.90 Å². The fraction of sp³-hybridized carbons (Fsp3) is 0.267. The maximum atomic E-state index is 11.3. The van der Waals surface area contributed by atoms with Gasteiger partial charge in [0.2, 0.25) is 0 Å². The SMILES string of the molecule is CSc1ccccc1-c1sc(C(=O)O)c(N)c1C(C)C. The van der Waals surface area contributed by atoms with Crippen molar-refractivity contribution in [2.45, 2.75) is 24.7 Å². The molecule has 1 aromatic carbocycles. The molecule has 1 heterocycles. The van der Waals surface area contributed by atoms with Crippen LogP contribution in [0.2, 0.25) is 0 Å². The van der Waals surface area contributed by atoms with E-state index in [-0.39, 0.29) is 10.8 Å². The van der Waals surface area contributed by atoms with Gasteiger partial charge in [-0.05, 0) is 23.8 Å². The van der Waals surface area contributed by atoms with Crippen molar-refractivity contribution in [1.82, 2.24) is 0 Å². The number of thioether (sulfide) groups is 1. The summed E-state index contributed by atoms with van der Waals surface area (Å²) in [5.74, 6) is -0.772. The van der Waals surface area contributed by atoms with E-state index in [1.165, 1.54) is 11.3 Å². The quantitative estimate of drug-likeness (QED) is 0.814. The first kappa shape index (κ1) is 14.9. The van der Waals surface area contributed by atoms with Crippen LogP contribution in [0.1, 0.15) is 35.0 Å². The van der Waals surface area contributed by atoms with Gasteiger partial charge in [-0.2, -0.15) is 0 Å². The number of rotatable bonds is 4. The Balaban J connectivity index is 2.73. The fourth-order valence-corrected chi connectivity index (χ4v) is 4.15. The van der Waals surface area contributed by atoms with E-state index < -0.39 is 5.97 Å². The van der Waals surface area contributed by atoms with Crippen LogP contribution in [0, 0.1) is 0 Å². The average Bonchev–Trinajstić information content (AvgIpc) is 2.76. The molecule has 0 spiro atoms. The van der Waals surface area contributed by atoms with Gasteiger partial charge in [-0.15, -0.1) is 23.1 Å². The zero-order valence-electron chi connectivity index (χ0n) is 11.6. The number of aromatic carboxylic acids is 1. The normalized spacial score (nSPS) is 11.0. The number of benzene rings is 1. The third-order valence-electron chi connectivity index (χ3n) is 3.11. The number of carboxylic acid groups (broad SMARTS) is 1. The highest BCUT2D eigenvalue weighted by molar-refractivity contribution is 7.98. The molecular formula is C15H17NO2S2. The second kappa shape index (κ2) is 5.89. The molecule has 2 aromatic rings. The highest BCUT2D eigenvalue weighted by Gasteiger charge is 2.24. The van der Waals surface area contributed by atoms with Crippen LogP contribution in [-0.2, 0) is 0 Å². The second-order valence-corrected chi connectivity index (χ2v) is 6.62. The van der Waals surface area contributed by atoms with E-state index >= 15 is 0 Å². The molecular weight excluding hydrogens is 290 g/mol. The molecule has 0 aliphatic carbocycles. The van der Waals surface area contributed by atoms with Gasteiger partial charge in [0.15, 0.2) is 0 Å². The van der Waals surface area contributed by atoms with Gasteiger partial charge in [-0.1, -0.05) is 32.0 Å². The summed E-state index contributed by atoms with van der Waals surface area (Å²) in [6, 6.07) is 8.02. The Morgan fingerprint density at radius 2 is 2.00 bits per heavy atom. The lowest BCUT2D eigenvalue weighted by atomic mass is 9.98. The largest absolute Gasteiger partial charge is 0.477 e. The van der Waals surface area contributed by atoms with Gasteiger partial charge in [0.25, 0.3) is 0 Å². The van der Waals surface area contributed by atoms with Crippen molar-refractivity contribution < 1.29 is 9.90 Å². The summed E-state index contributed by atoms with van der Waals surface area (Å²) in [7, 11) is 0. The van der Waals surface area contributed by atoms with Gasteiger partial charge in [-0.3, -0.25) is 0 Å². The smallest absolute Gasteiger partial charge is 0.348 e. The number of anilines is 1. The maximum Gasteiger partial charge on any atom is 0.348 e. The van der Waals surface area contributed by atoms with Crippen molar-refractivity contribution in [3.8, 4) is 10.4 Å². The summed E-state index contributed by atoms with van der Waals surface area (Å²) in [5, 5.41) is 9.28. The van der Waals surface area contributed by atoms with Gasteiger partial charge in [0.05, 0.1) is 5.69 Å². The van der Waals surface area contributed by atoms with Crippen molar-refractivity contribution in [2.24, 2.45) is 0 Å². The Morgan fingerprint density at radius 3 is 2.55 bits per heavy atom. The molecule has 20 heavy (non-hydrogen) atoms. The van der Waals surface area contributed by atoms with Gasteiger partial charge in [-0.25, -0.2) is 4.79 Å². The summed E-state index contributed by atoms with van der Waals surface area (Å²) in [6.07, 6.45) is 2.02. The summed E-state index contributed by atoms with van der Waals surface area (Å²) in [4.78, 5) is 13.7. The Hall–Kier alpha value is -1.46. The zero-order valence-corrected chi connectivity index (χ0v) is 13.3. The van der Waals surface area contributed by atoms with Crippen molar-refractivity contribution in [2.75, 3.05) is 12.0 Å². The molecule has 0 saturated carbocycles. The predicted molar refractivity (Wildman–Crippen MR) is 87.0 cm³/mol. The molecule has 1 aromatic heterocycles. The molecule has 0 aliphatic rings. The predicted octanol–water partition coefficient (Wildman–Crippen LogP) is 4.54. The van der Waals surface area contributed by atoms with Crippen LogP contribution in [0.5, 0.6) is 0 Å². The summed E-state index contributed by atoms with van der Waals surface area (Å²) in [5.41, 5.74) is 8.47. The molecule has 0 unspecified atom stereocenters. The van der Waals surface area contributed by atoms with Crippen LogP contribution >= 0.6 is 23.1 Å². The first-order valence-corrected chi connectivity index (χ1v) is 8.30. The Kier molecular flexibility index (Phi) is 4.40. The number of nitrogen functional groups attached to an aromatic ring is 1. The number of nitrogens with two attached hydrogens (primary N) is 1. The lowest BCUT2D eigenvalue weighted by Crippen LogP contribution is -2.00. The highest BCUT2D eigenvalue weighted by Crippen LogP contribution is 2.45. The number of carboxylic acids is 1. The molecule has 2 rings (SSSR count). The number of hydrogen-bond donors (Lipinski definition) is 2. The molecule has 0 atom stereocenters. The van der Waals surface area contributed by atoms with E-state index in [1.54, 1.807) is 11.8 Å². The van der Waals surface area contributed by atoms with Crippen LogP contribution in [-0.4, -0.2) is 17.3 Å². The molecule has 0 aliphatic heterocycles. The number of carbonyl (C=O) groups is 1. The topological polar surface area (TPSA) is 63.3 Å². The molecule has 5 heteroatoms. The molecule has 0 saturated heterocycles. The minimum absolute atomic E-state index is 0.185. The van der Waals surface area contributed by atoms with Crippen molar-refractivity contribution in [3.63, 3.8) is 0 Å². The standard InChI is InChI=1S/C15H17NO2S2/c1-8(2)11-12(16)14(15(17)18)20-13(11)9-6-4-5-7-10(9)19-3/h4-8H,16H2,1-3H3,(H,17,18). The molecule has 106 valence electrons. The first-order chi connectivity index (χ1) is 9.47. The van der Waals surface area contributed by atoms with Crippen molar-refractivity contribution >= 4 is 34.8 Å². The molecule has 0 fully saturated rings. The van der Waals surface area contributed by atoms with Crippen molar-refractivity contribution in [3.05, 3.63) is 34.7 Å². The molecule has 0 radical (unpaired) electrons. The third kappa shape index (κ3) is 2.55. The lowest BCUT2D eigenvalue weighted by molar-refractivity contribution is 0.0703. The van der Waals surface area contributed by atoms with Gasteiger partial charge in [0.1, 0.15) is 4.88 Å². The van der Waals surface area contributed by atoms with Crippen LogP contribution in [0.15, 0.2) is 29.2 Å². The van der Waals surface area contributed by atoms with Gasteiger partial charge >= 0.3 is 5.97 Å². The molecule has 0 amide bonds. The van der Waals surface area contributed by atoms with Gasteiger partial charge in [0, 0.05) is 15.3 Å². The summed E-state index contributed by atoms with van der Waals surface area (Å²) in [6.45, 7) is 4.07. The lowest BCUT2D eigenvalue weighted by Gasteiger charge is -2.11. The van der Waals surface area contributed by atoms with E-state index in [4.69, 9.17) is 5.73 Å². The second-order valence-electron chi connectivity index (χ2n) is 4.75. The molecule has 3 nitrogen and oxygen atoms in total. The summed E-state index contributed by atoms with van der Waals surface area (Å²) < 4.78 is 0. The summed E-state index contributed by atoms with van der Waals surface area (Å²) >= 11 is 2.92. The first-order valence-electron chi connectivity index (χ1n) is 6.26. The van der Waals surface area contributed by atoms with Crippen LogP contribution < -0.4 is 5.73 Å². The zero-order chi connectivity index (χ0) is 14.9. The maximum absolute atomic E-state index is 11.3. The Labute approximate surface area is 126 Å². The van der Waals surface area contributed by atoms with Crippen LogP contribution in [0.25, 0.3) is 10.4 Å². The molecule has 0 bridgehead atoms. The number of hydrogen-bond acceptors (Lipinski definition) is 4. The highest BCUT2D eigenvalue weighted by atomic mass is 32.2. The van der Waals surface area contributed by atoms with E-state index in [1.807, 2.05) is 44.4 Å². The van der Waals surface area contributed by atoms with Crippen LogP contribution in [0.4, 0.5) is 5.69 Å². The fourth-order valence-electron chi connectivity index (χ4n) is 2.22. The Bertz CT molecular complexity index is 647. The van der Waals surface area contributed by atoms with E-state index in [0.717, 1.165) is 20.9 Å². The van der Waals surface area contributed by atoms with Gasteiger partial charge < -0.3 is 10.8 Å². The monoisotopic (exact) mass is 307 g/mol. The Morgan fingerprint density at radius 1 is 1.35 bits per heavy atom. The van der Waals surface area contributed by atoms with Crippen LogP contribution in [0.3, 0.4) is 0 Å². The number of thiophene rings is 1. The van der Waals surface area contributed by atoms with E-state index in [2.05, 4.69) is 0 Å². The minimum atomic E-state index is -0.956. The van der Waals surface area contributed by atoms with E-state index in [0.29, 0.717) is 5.69 Å². The average molecular weight is 307 g/mol. The molecule has 3 N–H and O–H groups in total. The minimum Gasteiger partial charge on any atom is -0.477 e. The van der Waals surface area contributed by atoms with Crippen molar-refractivity contribution in [1.29, 1.82) is 0 Å².